The Kier molecular flexibility index (Phi) is 13.6. The number of hydrogen-bond acceptors (Lipinski definition) is 9. The predicted octanol–water partition coefficient (Wildman–Crippen LogP) is 1.64. The number of carbonyl (C=O) groups is 9. The summed E-state index contributed by atoms with van der Waals surface area (Å²) in [7, 11) is 0. The summed E-state index contributed by atoms with van der Waals surface area (Å²) in [6.07, 6.45) is 0.962. The maximum atomic E-state index is 11.9. The van der Waals surface area contributed by atoms with E-state index in [2.05, 4.69) is 0 Å². The Morgan fingerprint density at radius 3 is 1.11 bits per heavy atom. The van der Waals surface area contributed by atoms with Crippen LogP contribution < -0.4 is 0 Å². The van der Waals surface area contributed by atoms with Gasteiger partial charge in [0.05, 0.1) is 13.0 Å². The van der Waals surface area contributed by atoms with Crippen LogP contribution in [0.25, 0.3) is 0 Å². The summed E-state index contributed by atoms with van der Waals surface area (Å²) in [5.74, 6) is -3.96. The molecule has 0 saturated carbocycles. The van der Waals surface area contributed by atoms with Gasteiger partial charge in [0.15, 0.2) is 0 Å². The number of Topliss-reactive ketones (excluding diaryl/α,β-unsaturated/α-hetero) is 6. The molecule has 0 spiro atoms. The van der Waals surface area contributed by atoms with Crippen LogP contribution in [0.4, 0.5) is 0 Å². The Morgan fingerprint density at radius 2 is 0.806 bits per heavy atom. The molecular weight excluding hydrogens is 474 g/mol. The van der Waals surface area contributed by atoms with Crippen molar-refractivity contribution in [1.29, 1.82) is 0 Å². The lowest BCUT2D eigenvalue weighted by molar-refractivity contribution is -0.138. The third-order valence-corrected chi connectivity index (χ3v) is 5.38. The van der Waals surface area contributed by atoms with E-state index in [-0.39, 0.29) is 118 Å². The van der Waals surface area contributed by atoms with E-state index in [0.717, 1.165) is 17.1 Å². The van der Waals surface area contributed by atoms with Gasteiger partial charge in [0.25, 0.3) is 11.8 Å². The normalized spacial score (nSPS) is 12.6. The van der Waals surface area contributed by atoms with Crippen molar-refractivity contribution < 1.29 is 48.3 Å². The number of carbonyl (C=O) groups excluding carboxylic acids is 8. The lowest BCUT2D eigenvalue weighted by Crippen LogP contribution is -2.28. The van der Waals surface area contributed by atoms with Gasteiger partial charge in [-0.15, -0.1) is 0 Å². The molecule has 36 heavy (non-hydrogen) atoms. The Bertz CT molecular complexity index is 928. The first kappa shape index (κ1) is 30.4. The number of aliphatic carboxylic acids is 1. The van der Waals surface area contributed by atoms with Gasteiger partial charge < -0.3 is 5.11 Å². The molecule has 0 aliphatic carbocycles. The molecule has 11 nitrogen and oxygen atoms in total. The molecule has 2 amide bonds. The van der Waals surface area contributed by atoms with Crippen molar-refractivity contribution in [2.75, 3.05) is 0 Å². The fraction of sp³-hybridized carbons (Fsp3) is 0.520. The second-order valence-corrected chi connectivity index (χ2v) is 8.39. The fourth-order valence-corrected chi connectivity index (χ4v) is 3.15. The van der Waals surface area contributed by atoms with Crippen LogP contribution in [0.5, 0.6) is 0 Å². The smallest absolute Gasteiger partial charge is 0.303 e. The minimum atomic E-state index is -1.09. The summed E-state index contributed by atoms with van der Waals surface area (Å²) in [6, 6.07) is 0. The molecule has 0 saturated heterocycles. The maximum absolute atomic E-state index is 11.9. The minimum absolute atomic E-state index is 0.0558. The van der Waals surface area contributed by atoms with Gasteiger partial charge in [-0.25, -0.2) is 0 Å². The molecule has 1 aliphatic rings. The summed E-state index contributed by atoms with van der Waals surface area (Å²) in [5, 5.41) is 8.51. The van der Waals surface area contributed by atoms with Gasteiger partial charge in [0.1, 0.15) is 34.7 Å². The van der Waals surface area contributed by atoms with Crippen molar-refractivity contribution in [3.8, 4) is 0 Å². The van der Waals surface area contributed by atoms with Crippen LogP contribution in [0.2, 0.25) is 0 Å². The fourth-order valence-electron chi connectivity index (χ4n) is 3.15. The predicted molar refractivity (Wildman–Crippen MR) is 123 cm³/mol. The van der Waals surface area contributed by atoms with E-state index < -0.39 is 17.8 Å². The van der Waals surface area contributed by atoms with Crippen LogP contribution in [-0.4, -0.2) is 62.5 Å². The molecule has 1 radical (unpaired) electrons. The molecule has 0 bridgehead atoms. The SMILES string of the molecule is O=C(O)CCC(=O)CCC(=O)CCC(=O)CCC(=O)CCC(=O)CCC(=O)C[CH]N1C(=O)C=CC1=O. The van der Waals surface area contributed by atoms with Crippen LogP contribution >= 0.6 is 0 Å². The van der Waals surface area contributed by atoms with Crippen molar-refractivity contribution in [3.05, 3.63) is 18.7 Å². The van der Waals surface area contributed by atoms with Gasteiger partial charge in [0.2, 0.25) is 0 Å². The summed E-state index contributed by atoms with van der Waals surface area (Å²) < 4.78 is 0. The third kappa shape index (κ3) is 13.3. The highest BCUT2D eigenvalue weighted by Crippen LogP contribution is 2.11. The lowest BCUT2D eigenvalue weighted by Gasteiger charge is -2.11. The number of imide groups is 1. The Hall–Kier alpha value is -3.63. The van der Waals surface area contributed by atoms with Crippen LogP contribution in [0.3, 0.4) is 0 Å². The molecule has 1 rings (SSSR count). The topological polar surface area (TPSA) is 177 Å². The maximum Gasteiger partial charge on any atom is 0.303 e. The van der Waals surface area contributed by atoms with Crippen LogP contribution in [0.1, 0.15) is 83.5 Å². The van der Waals surface area contributed by atoms with E-state index in [0.29, 0.717) is 0 Å². The highest BCUT2D eigenvalue weighted by Gasteiger charge is 2.24. The Balaban J connectivity index is 2.11. The average Bonchev–Trinajstić information content (AvgIpc) is 3.16. The summed E-state index contributed by atoms with van der Waals surface area (Å²) in [5.41, 5.74) is 0. The minimum Gasteiger partial charge on any atom is -0.481 e. The average molecular weight is 505 g/mol. The Morgan fingerprint density at radius 1 is 0.528 bits per heavy atom. The molecular formula is C25H30NO10. The number of rotatable bonds is 21. The molecule has 0 aromatic carbocycles. The van der Waals surface area contributed by atoms with Crippen molar-refractivity contribution >= 4 is 52.5 Å². The van der Waals surface area contributed by atoms with Crippen LogP contribution in [0.15, 0.2) is 12.2 Å². The van der Waals surface area contributed by atoms with E-state index in [1.165, 1.54) is 6.54 Å². The van der Waals surface area contributed by atoms with Crippen LogP contribution in [0, 0.1) is 6.54 Å². The standard InChI is InChI=1S/C25H30NO10/c27-17(3-4-19(29)7-8-21(31)11-14-25(35)36)1-2-18(28)5-6-20(30)9-10-22(32)15-16-26-23(33)12-13-24(26)34/h12-13,16H,1-11,14-15H2,(H,35,36). The van der Waals surface area contributed by atoms with Crippen molar-refractivity contribution in [3.63, 3.8) is 0 Å². The first-order valence-corrected chi connectivity index (χ1v) is 11.7. The first-order chi connectivity index (χ1) is 17.0. The summed E-state index contributed by atoms with van der Waals surface area (Å²) >= 11 is 0. The number of nitrogens with zero attached hydrogens (tertiary/aromatic N) is 1. The van der Waals surface area contributed by atoms with E-state index in [1.807, 2.05) is 0 Å². The molecule has 195 valence electrons. The Labute approximate surface area is 208 Å². The van der Waals surface area contributed by atoms with E-state index in [4.69, 9.17) is 5.11 Å². The number of carboxylic acids is 1. The summed E-state index contributed by atoms with van der Waals surface area (Å²) in [6.45, 7) is 1.17. The lowest BCUT2D eigenvalue weighted by atomic mass is 10.0. The molecule has 0 fully saturated rings. The van der Waals surface area contributed by atoms with Crippen molar-refractivity contribution in [2.24, 2.45) is 0 Å². The largest absolute Gasteiger partial charge is 0.481 e. The van der Waals surface area contributed by atoms with Crippen molar-refractivity contribution in [2.45, 2.75) is 83.5 Å². The van der Waals surface area contributed by atoms with E-state index in [1.54, 1.807) is 0 Å². The zero-order valence-electron chi connectivity index (χ0n) is 20.0. The molecule has 1 aliphatic heterocycles. The molecule has 0 atom stereocenters. The van der Waals surface area contributed by atoms with Crippen molar-refractivity contribution in [1.82, 2.24) is 4.90 Å². The molecule has 0 aromatic heterocycles. The molecule has 1 heterocycles. The molecule has 1 N–H and O–H groups in total. The third-order valence-electron chi connectivity index (χ3n) is 5.38. The first-order valence-electron chi connectivity index (χ1n) is 11.7. The second kappa shape index (κ2) is 16.1. The molecule has 11 heteroatoms. The number of ketones is 6. The second-order valence-electron chi connectivity index (χ2n) is 8.39. The monoisotopic (exact) mass is 504 g/mol. The van der Waals surface area contributed by atoms with Gasteiger partial charge >= 0.3 is 5.97 Å². The molecule has 0 aromatic rings. The molecule has 0 unspecified atom stereocenters. The zero-order valence-corrected chi connectivity index (χ0v) is 20.0. The number of carboxylic acid groups (broad SMARTS) is 1. The van der Waals surface area contributed by atoms with Crippen LogP contribution in [-0.2, 0) is 43.2 Å². The van der Waals surface area contributed by atoms with Gasteiger partial charge in [-0.2, -0.15) is 0 Å². The van der Waals surface area contributed by atoms with E-state index >= 15 is 0 Å². The number of hydrogen-bond donors (Lipinski definition) is 1. The zero-order chi connectivity index (χ0) is 27.1. The van der Waals surface area contributed by atoms with Gasteiger partial charge in [-0.3, -0.25) is 48.1 Å². The highest BCUT2D eigenvalue weighted by molar-refractivity contribution is 6.13. The highest BCUT2D eigenvalue weighted by atomic mass is 16.4. The number of amides is 2. The van der Waals surface area contributed by atoms with Gasteiger partial charge in [-0.1, -0.05) is 0 Å². The quantitative estimate of drug-likeness (QED) is 0.226. The summed E-state index contributed by atoms with van der Waals surface area (Å²) in [4.78, 5) is 105. The van der Waals surface area contributed by atoms with E-state index in [9.17, 15) is 43.2 Å². The van der Waals surface area contributed by atoms with Gasteiger partial charge in [-0.05, 0) is 0 Å². The van der Waals surface area contributed by atoms with Gasteiger partial charge in [0, 0.05) is 89.2 Å².